The van der Waals surface area contributed by atoms with E-state index in [1.54, 1.807) is 6.08 Å². The number of amides is 1. The van der Waals surface area contributed by atoms with Gasteiger partial charge in [0.15, 0.2) is 0 Å². The molecule has 8 heteroatoms. The summed E-state index contributed by atoms with van der Waals surface area (Å²) in [7, 11) is -3.49. The molecule has 3 aromatic rings. The van der Waals surface area contributed by atoms with Gasteiger partial charge in [-0.15, -0.1) is 0 Å². The lowest BCUT2D eigenvalue weighted by Gasteiger charge is -2.29. The second-order valence-electron chi connectivity index (χ2n) is 8.10. The van der Waals surface area contributed by atoms with Gasteiger partial charge >= 0.3 is 0 Å². The minimum atomic E-state index is -3.49. The molecule has 2 aromatic carbocycles. The van der Waals surface area contributed by atoms with Gasteiger partial charge in [0, 0.05) is 37.2 Å². The summed E-state index contributed by atoms with van der Waals surface area (Å²) in [6.07, 6.45) is 7.12. The fraction of sp³-hybridized carbons (Fsp3) is 0.280. The van der Waals surface area contributed by atoms with Gasteiger partial charge in [-0.3, -0.25) is 4.79 Å². The van der Waals surface area contributed by atoms with E-state index in [9.17, 15) is 13.2 Å². The number of hydrogen-bond donors (Lipinski definition) is 1. The van der Waals surface area contributed by atoms with Gasteiger partial charge < -0.3 is 5.32 Å². The molecule has 7 nitrogen and oxygen atoms in total. The third-order valence-electron chi connectivity index (χ3n) is 5.79. The first-order valence-corrected chi connectivity index (χ1v) is 12.6. The summed E-state index contributed by atoms with van der Waals surface area (Å²) in [5.74, 6) is -0.177. The molecule has 1 amide bonds. The molecule has 172 valence electrons. The summed E-state index contributed by atoms with van der Waals surface area (Å²) < 4.78 is 28.5. The molecular formula is C25H28N4O3S. The average molecular weight is 465 g/mol. The standard InChI is InChI=1S/C25H28N4O3S/c30-25(26-15-11-22-19-27-29(20-22)24-9-5-2-6-10-24)23-12-16-28(17-13-23)33(31,32)18-14-21-7-3-1-4-8-21/h1-10,14,18-20,23H,11-13,15-17H2,(H,26,30)/b18-14+. The summed E-state index contributed by atoms with van der Waals surface area (Å²) in [5, 5.41) is 8.62. The first-order valence-electron chi connectivity index (χ1n) is 11.1. The van der Waals surface area contributed by atoms with Crippen LogP contribution in [0, 0.1) is 5.92 Å². The highest BCUT2D eigenvalue weighted by molar-refractivity contribution is 7.92. The highest BCUT2D eigenvalue weighted by Crippen LogP contribution is 2.21. The van der Waals surface area contributed by atoms with Crippen molar-refractivity contribution < 1.29 is 13.2 Å². The van der Waals surface area contributed by atoms with Crippen LogP contribution in [-0.4, -0.2) is 48.0 Å². The Balaban J connectivity index is 1.22. The predicted octanol–water partition coefficient (Wildman–Crippen LogP) is 3.24. The van der Waals surface area contributed by atoms with Crippen molar-refractivity contribution >= 4 is 22.0 Å². The molecular weight excluding hydrogens is 436 g/mol. The topological polar surface area (TPSA) is 84.3 Å². The van der Waals surface area contributed by atoms with Gasteiger partial charge in [-0.25, -0.2) is 13.1 Å². The molecule has 1 N–H and O–H groups in total. The molecule has 0 unspecified atom stereocenters. The second-order valence-corrected chi connectivity index (χ2v) is 9.92. The summed E-state index contributed by atoms with van der Waals surface area (Å²) in [6.45, 7) is 1.23. The third kappa shape index (κ3) is 6.18. The Labute approximate surface area is 194 Å². The maximum atomic E-state index is 12.6. The molecule has 2 heterocycles. The lowest BCUT2D eigenvalue weighted by atomic mass is 9.97. The fourth-order valence-electron chi connectivity index (χ4n) is 3.87. The number of nitrogens with one attached hydrogen (secondary N) is 1. The molecule has 0 bridgehead atoms. The molecule has 1 aromatic heterocycles. The van der Waals surface area contributed by atoms with Crippen LogP contribution >= 0.6 is 0 Å². The number of benzene rings is 2. The van der Waals surface area contributed by atoms with Gasteiger partial charge in [-0.1, -0.05) is 48.5 Å². The number of carbonyl (C=O) groups excluding carboxylic acids is 1. The van der Waals surface area contributed by atoms with Gasteiger partial charge in [0.2, 0.25) is 15.9 Å². The number of carbonyl (C=O) groups is 1. The molecule has 0 radical (unpaired) electrons. The van der Waals surface area contributed by atoms with Crippen LogP contribution < -0.4 is 5.32 Å². The van der Waals surface area contributed by atoms with E-state index in [-0.39, 0.29) is 11.8 Å². The summed E-state index contributed by atoms with van der Waals surface area (Å²) >= 11 is 0. The van der Waals surface area contributed by atoms with Crippen molar-refractivity contribution in [2.45, 2.75) is 19.3 Å². The minimum absolute atomic E-state index is 0.0117. The monoisotopic (exact) mass is 464 g/mol. The summed E-state index contributed by atoms with van der Waals surface area (Å²) in [4.78, 5) is 12.6. The van der Waals surface area contributed by atoms with Crippen molar-refractivity contribution in [1.29, 1.82) is 0 Å². The zero-order chi connectivity index (χ0) is 23.1. The molecule has 0 atom stereocenters. The van der Waals surface area contributed by atoms with Crippen LogP contribution in [0.15, 0.2) is 78.5 Å². The smallest absolute Gasteiger partial charge is 0.236 e. The summed E-state index contributed by atoms with van der Waals surface area (Å²) in [6, 6.07) is 19.2. The molecule has 1 aliphatic rings. The molecule has 1 aliphatic heterocycles. The Morgan fingerprint density at radius 2 is 1.70 bits per heavy atom. The average Bonchev–Trinajstić information content (AvgIpc) is 3.33. The zero-order valence-electron chi connectivity index (χ0n) is 18.4. The van der Waals surface area contributed by atoms with Gasteiger partial charge in [0.1, 0.15) is 0 Å². The first kappa shape index (κ1) is 22.9. The molecule has 0 saturated carbocycles. The van der Waals surface area contributed by atoms with Crippen LogP contribution in [0.1, 0.15) is 24.0 Å². The lowest BCUT2D eigenvalue weighted by Crippen LogP contribution is -2.42. The van der Waals surface area contributed by atoms with Crippen LogP contribution in [0.3, 0.4) is 0 Å². The molecule has 1 saturated heterocycles. The second kappa shape index (κ2) is 10.6. The Bertz CT molecular complexity index is 1180. The Morgan fingerprint density at radius 1 is 1.03 bits per heavy atom. The number of rotatable bonds is 8. The lowest BCUT2D eigenvalue weighted by molar-refractivity contribution is -0.126. The van der Waals surface area contributed by atoms with Gasteiger partial charge in [-0.2, -0.15) is 9.40 Å². The number of aromatic nitrogens is 2. The van der Waals surface area contributed by atoms with Gasteiger partial charge in [0.25, 0.3) is 0 Å². The zero-order valence-corrected chi connectivity index (χ0v) is 19.2. The van der Waals surface area contributed by atoms with Crippen LogP contribution in [0.5, 0.6) is 0 Å². The Hall–Kier alpha value is -3.23. The van der Waals surface area contributed by atoms with Crippen LogP contribution in [0.2, 0.25) is 0 Å². The molecule has 33 heavy (non-hydrogen) atoms. The van der Waals surface area contributed by atoms with Crippen LogP contribution in [0.4, 0.5) is 0 Å². The molecule has 4 rings (SSSR count). The van der Waals surface area contributed by atoms with Gasteiger partial charge in [-0.05, 0) is 48.6 Å². The largest absolute Gasteiger partial charge is 0.356 e. The highest BCUT2D eigenvalue weighted by Gasteiger charge is 2.29. The van der Waals surface area contributed by atoms with Crippen molar-refractivity contribution in [3.05, 3.63) is 89.6 Å². The van der Waals surface area contributed by atoms with Crippen molar-refractivity contribution in [2.75, 3.05) is 19.6 Å². The maximum absolute atomic E-state index is 12.6. The normalized spacial score (nSPS) is 15.6. The van der Waals surface area contributed by atoms with E-state index in [2.05, 4.69) is 10.4 Å². The summed E-state index contributed by atoms with van der Waals surface area (Å²) in [5.41, 5.74) is 2.88. The van der Waals surface area contributed by atoms with Crippen LogP contribution in [-0.2, 0) is 21.2 Å². The number of para-hydroxylation sites is 1. The third-order valence-corrected chi connectivity index (χ3v) is 7.35. The molecule has 0 aliphatic carbocycles. The number of hydrogen-bond acceptors (Lipinski definition) is 4. The Kier molecular flexibility index (Phi) is 7.36. The SMILES string of the molecule is O=C(NCCc1cnn(-c2ccccc2)c1)C1CCN(S(=O)(=O)/C=C/c2ccccc2)CC1. The van der Waals surface area contributed by atoms with E-state index in [4.69, 9.17) is 0 Å². The van der Waals surface area contributed by atoms with E-state index in [0.29, 0.717) is 38.9 Å². The quantitative estimate of drug-likeness (QED) is 0.555. The molecule has 0 spiro atoms. The van der Waals surface area contributed by atoms with E-state index < -0.39 is 10.0 Å². The fourth-order valence-corrected chi connectivity index (χ4v) is 5.09. The minimum Gasteiger partial charge on any atom is -0.356 e. The van der Waals surface area contributed by atoms with Crippen LogP contribution in [0.25, 0.3) is 11.8 Å². The number of sulfonamides is 1. The van der Waals surface area contributed by atoms with E-state index in [1.165, 1.54) is 9.71 Å². The van der Waals surface area contributed by atoms with E-state index in [1.807, 2.05) is 77.7 Å². The van der Waals surface area contributed by atoms with Crippen molar-refractivity contribution in [3.8, 4) is 5.69 Å². The first-order chi connectivity index (χ1) is 16.0. The highest BCUT2D eigenvalue weighted by atomic mass is 32.2. The maximum Gasteiger partial charge on any atom is 0.236 e. The van der Waals surface area contributed by atoms with Gasteiger partial charge in [0.05, 0.1) is 11.9 Å². The van der Waals surface area contributed by atoms with E-state index >= 15 is 0 Å². The van der Waals surface area contributed by atoms with Crippen molar-refractivity contribution in [1.82, 2.24) is 19.4 Å². The van der Waals surface area contributed by atoms with E-state index in [0.717, 1.165) is 16.8 Å². The molecule has 1 fully saturated rings. The van der Waals surface area contributed by atoms with Crippen molar-refractivity contribution in [3.63, 3.8) is 0 Å². The number of nitrogens with zero attached hydrogens (tertiary/aromatic N) is 3. The number of piperidine rings is 1. The van der Waals surface area contributed by atoms with Crippen molar-refractivity contribution in [2.24, 2.45) is 5.92 Å². The predicted molar refractivity (Wildman–Crippen MR) is 129 cm³/mol. The Morgan fingerprint density at radius 3 is 2.39 bits per heavy atom.